The number of pyridine rings is 1. The van der Waals surface area contributed by atoms with Gasteiger partial charge in [0, 0.05) is 61.6 Å². The average Bonchev–Trinajstić information content (AvgIpc) is 3.15. The van der Waals surface area contributed by atoms with Crippen molar-refractivity contribution >= 4 is 39.9 Å². The predicted molar refractivity (Wildman–Crippen MR) is 117 cm³/mol. The number of benzene rings is 1. The molecule has 1 N–H and O–H groups in total. The van der Waals surface area contributed by atoms with Crippen LogP contribution in [0.15, 0.2) is 48.8 Å². The van der Waals surface area contributed by atoms with Crippen molar-refractivity contribution in [1.82, 2.24) is 9.55 Å². The highest BCUT2D eigenvalue weighted by atomic mass is 35.5. The molecule has 152 valence electrons. The molecule has 1 amide bonds. The molecule has 0 unspecified atom stereocenters. The van der Waals surface area contributed by atoms with E-state index in [2.05, 4.69) is 38.1 Å². The van der Waals surface area contributed by atoms with Gasteiger partial charge in [0.15, 0.2) is 0 Å². The van der Waals surface area contributed by atoms with Gasteiger partial charge in [-0.05, 0) is 49.2 Å². The van der Waals surface area contributed by atoms with Crippen molar-refractivity contribution in [1.29, 1.82) is 0 Å². The number of rotatable bonds is 6. The van der Waals surface area contributed by atoms with Gasteiger partial charge in [0.2, 0.25) is 5.91 Å². The molecule has 1 aliphatic rings. The fourth-order valence-electron chi connectivity index (χ4n) is 3.83. The molecule has 3 aromatic rings. The van der Waals surface area contributed by atoms with Crippen molar-refractivity contribution in [2.24, 2.45) is 5.92 Å². The lowest BCUT2D eigenvalue weighted by molar-refractivity contribution is -0.120. The van der Waals surface area contributed by atoms with Gasteiger partial charge in [0.1, 0.15) is 5.82 Å². The number of anilines is 2. The van der Waals surface area contributed by atoms with E-state index in [-0.39, 0.29) is 11.8 Å². The largest absolute Gasteiger partial charge is 0.383 e. The first kappa shape index (κ1) is 19.7. The molecule has 0 aliphatic carbocycles. The summed E-state index contributed by atoms with van der Waals surface area (Å²) in [6, 6.07) is 11.9. The first-order valence-corrected chi connectivity index (χ1v) is 10.3. The van der Waals surface area contributed by atoms with Crippen molar-refractivity contribution in [3.63, 3.8) is 0 Å². The molecular weight excluding hydrogens is 388 g/mol. The number of nitrogens with one attached hydrogen (secondary N) is 1. The SMILES string of the molecule is COCCn1ccc2cc(NC(=O)C3CCN(c4ccc(Cl)cn4)CC3)ccc21. The number of halogens is 1. The van der Waals surface area contributed by atoms with E-state index in [9.17, 15) is 4.79 Å². The molecule has 0 bridgehead atoms. The summed E-state index contributed by atoms with van der Waals surface area (Å²) < 4.78 is 7.32. The van der Waals surface area contributed by atoms with Crippen LogP contribution >= 0.6 is 11.6 Å². The van der Waals surface area contributed by atoms with E-state index in [1.54, 1.807) is 13.3 Å². The van der Waals surface area contributed by atoms with E-state index in [0.29, 0.717) is 11.6 Å². The van der Waals surface area contributed by atoms with Crippen molar-refractivity contribution < 1.29 is 9.53 Å². The van der Waals surface area contributed by atoms with Gasteiger partial charge in [-0.25, -0.2) is 4.98 Å². The Balaban J connectivity index is 1.35. The normalized spacial score (nSPS) is 15.0. The Morgan fingerprint density at radius 1 is 1.24 bits per heavy atom. The third-order valence-electron chi connectivity index (χ3n) is 5.48. The third kappa shape index (κ3) is 4.54. The number of nitrogens with zero attached hydrogens (tertiary/aromatic N) is 3. The summed E-state index contributed by atoms with van der Waals surface area (Å²) in [5.74, 6) is 1.02. The van der Waals surface area contributed by atoms with Crippen LogP contribution in [-0.2, 0) is 16.1 Å². The lowest BCUT2D eigenvalue weighted by atomic mass is 9.95. The molecule has 0 saturated carbocycles. The number of piperidine rings is 1. The second-order valence-corrected chi connectivity index (χ2v) is 7.80. The first-order chi connectivity index (χ1) is 14.1. The summed E-state index contributed by atoms with van der Waals surface area (Å²) in [6.45, 7) is 3.11. The Bertz CT molecular complexity index is 978. The summed E-state index contributed by atoms with van der Waals surface area (Å²) in [6.07, 6.45) is 5.34. The maximum Gasteiger partial charge on any atom is 0.227 e. The number of aromatic nitrogens is 2. The fourth-order valence-corrected chi connectivity index (χ4v) is 3.94. The minimum Gasteiger partial charge on any atom is -0.383 e. The minimum absolute atomic E-state index is 0.0144. The molecule has 0 radical (unpaired) electrons. The summed E-state index contributed by atoms with van der Waals surface area (Å²) in [5.41, 5.74) is 1.98. The van der Waals surface area contributed by atoms with Gasteiger partial charge in [-0.1, -0.05) is 11.6 Å². The Hall–Kier alpha value is -2.57. The fraction of sp³-hybridized carbons (Fsp3) is 0.364. The number of methoxy groups -OCH3 is 1. The Morgan fingerprint density at radius 2 is 2.07 bits per heavy atom. The van der Waals surface area contributed by atoms with E-state index in [1.807, 2.05) is 24.3 Å². The number of amides is 1. The third-order valence-corrected chi connectivity index (χ3v) is 5.70. The number of hydrogen-bond acceptors (Lipinski definition) is 4. The molecule has 3 heterocycles. The topological polar surface area (TPSA) is 59.4 Å². The Labute approximate surface area is 175 Å². The molecule has 6 nitrogen and oxygen atoms in total. The summed E-state index contributed by atoms with van der Waals surface area (Å²) >= 11 is 5.91. The molecule has 7 heteroatoms. The van der Waals surface area contributed by atoms with Gasteiger partial charge in [0.25, 0.3) is 0 Å². The molecule has 29 heavy (non-hydrogen) atoms. The quantitative estimate of drug-likeness (QED) is 0.659. The summed E-state index contributed by atoms with van der Waals surface area (Å²) in [7, 11) is 1.70. The van der Waals surface area contributed by atoms with Crippen molar-refractivity contribution in [3.8, 4) is 0 Å². The van der Waals surface area contributed by atoms with Crippen molar-refractivity contribution in [2.45, 2.75) is 19.4 Å². The first-order valence-electron chi connectivity index (χ1n) is 9.89. The second kappa shape index (κ2) is 8.84. The highest BCUT2D eigenvalue weighted by Gasteiger charge is 2.25. The highest BCUT2D eigenvalue weighted by Crippen LogP contribution is 2.25. The number of ether oxygens (including phenoxy) is 1. The Kier molecular flexibility index (Phi) is 6.02. The molecule has 1 aliphatic heterocycles. The van der Waals surface area contributed by atoms with Crippen LogP contribution in [0.4, 0.5) is 11.5 Å². The lowest BCUT2D eigenvalue weighted by Crippen LogP contribution is -2.38. The Morgan fingerprint density at radius 3 is 2.79 bits per heavy atom. The minimum atomic E-state index is 0.0144. The standard InChI is InChI=1S/C22H25ClN4O2/c1-29-13-12-26-9-8-17-14-19(3-4-20(17)26)25-22(28)16-6-10-27(11-7-16)21-5-2-18(23)15-24-21/h2-5,8-9,14-16H,6-7,10-13H2,1H3,(H,25,28). The molecule has 4 rings (SSSR count). The van der Waals surface area contributed by atoms with Gasteiger partial charge in [-0.3, -0.25) is 4.79 Å². The van der Waals surface area contributed by atoms with Gasteiger partial charge in [-0.15, -0.1) is 0 Å². The van der Waals surface area contributed by atoms with E-state index in [4.69, 9.17) is 16.3 Å². The van der Waals surface area contributed by atoms with Crippen LogP contribution in [0.2, 0.25) is 5.02 Å². The summed E-state index contributed by atoms with van der Waals surface area (Å²) in [4.78, 5) is 19.3. The van der Waals surface area contributed by atoms with Crippen LogP contribution in [0.1, 0.15) is 12.8 Å². The second-order valence-electron chi connectivity index (χ2n) is 7.36. The lowest BCUT2D eigenvalue weighted by Gasteiger charge is -2.32. The van der Waals surface area contributed by atoms with E-state index >= 15 is 0 Å². The smallest absolute Gasteiger partial charge is 0.227 e. The van der Waals surface area contributed by atoms with Crippen LogP contribution in [0.25, 0.3) is 10.9 Å². The monoisotopic (exact) mass is 412 g/mol. The molecule has 2 aromatic heterocycles. The number of hydrogen-bond donors (Lipinski definition) is 1. The number of carbonyl (C=O) groups is 1. The van der Waals surface area contributed by atoms with Crippen LogP contribution < -0.4 is 10.2 Å². The average molecular weight is 413 g/mol. The predicted octanol–water partition coefficient (Wildman–Crippen LogP) is 4.19. The summed E-state index contributed by atoms with van der Waals surface area (Å²) in [5, 5.41) is 4.84. The van der Waals surface area contributed by atoms with Crippen molar-refractivity contribution in [2.75, 3.05) is 37.0 Å². The molecule has 1 saturated heterocycles. The molecule has 1 fully saturated rings. The van der Waals surface area contributed by atoms with E-state index < -0.39 is 0 Å². The van der Waals surface area contributed by atoms with Gasteiger partial charge >= 0.3 is 0 Å². The molecule has 0 atom stereocenters. The number of carbonyl (C=O) groups excluding carboxylic acids is 1. The van der Waals surface area contributed by atoms with Crippen LogP contribution in [0, 0.1) is 5.92 Å². The maximum absolute atomic E-state index is 12.8. The molecule has 1 aromatic carbocycles. The van der Waals surface area contributed by atoms with Gasteiger partial charge < -0.3 is 19.5 Å². The maximum atomic E-state index is 12.8. The van der Waals surface area contributed by atoms with Crippen LogP contribution in [-0.4, -0.2) is 42.3 Å². The molecule has 0 spiro atoms. The van der Waals surface area contributed by atoms with E-state index in [0.717, 1.165) is 54.9 Å². The van der Waals surface area contributed by atoms with E-state index in [1.165, 1.54) is 0 Å². The van der Waals surface area contributed by atoms with Crippen LogP contribution in [0.5, 0.6) is 0 Å². The van der Waals surface area contributed by atoms with Gasteiger partial charge in [0.05, 0.1) is 11.6 Å². The zero-order chi connectivity index (χ0) is 20.2. The zero-order valence-corrected chi connectivity index (χ0v) is 17.2. The van der Waals surface area contributed by atoms with Gasteiger partial charge in [-0.2, -0.15) is 0 Å². The highest BCUT2D eigenvalue weighted by molar-refractivity contribution is 6.30. The van der Waals surface area contributed by atoms with Crippen LogP contribution in [0.3, 0.4) is 0 Å². The number of fused-ring (bicyclic) bond motifs is 1. The molecular formula is C22H25ClN4O2. The zero-order valence-electron chi connectivity index (χ0n) is 16.5. The van der Waals surface area contributed by atoms with Crippen molar-refractivity contribution in [3.05, 3.63) is 53.8 Å².